The molecule has 1 nitrogen and oxygen atoms in total. The molecule has 112 valence electrons. The van der Waals surface area contributed by atoms with Gasteiger partial charge in [0, 0.05) is 13.1 Å². The third-order valence-electron chi connectivity index (χ3n) is 2.90. The summed E-state index contributed by atoms with van der Waals surface area (Å²) in [6, 6.07) is 9.77. The standard InChI is InChI=1S/C15H12BrF4N/c16-13-7-11(4-5-14(13)17)9-21-8-10-2-1-3-12(6-10)15(18,19)20/h1-7,21H,8-9H2. The van der Waals surface area contributed by atoms with Crippen molar-refractivity contribution in [3.8, 4) is 0 Å². The van der Waals surface area contributed by atoms with Gasteiger partial charge in [-0.2, -0.15) is 13.2 Å². The summed E-state index contributed by atoms with van der Waals surface area (Å²) in [5.41, 5.74) is 0.729. The minimum Gasteiger partial charge on any atom is -0.309 e. The Kier molecular flexibility index (Phi) is 5.00. The highest BCUT2D eigenvalue weighted by Crippen LogP contribution is 2.29. The fourth-order valence-corrected chi connectivity index (χ4v) is 2.28. The van der Waals surface area contributed by atoms with Gasteiger partial charge in [-0.15, -0.1) is 0 Å². The monoisotopic (exact) mass is 361 g/mol. The number of hydrogen-bond acceptors (Lipinski definition) is 1. The quantitative estimate of drug-likeness (QED) is 0.764. The van der Waals surface area contributed by atoms with E-state index in [9.17, 15) is 17.6 Å². The smallest absolute Gasteiger partial charge is 0.309 e. The lowest BCUT2D eigenvalue weighted by Gasteiger charge is -2.10. The van der Waals surface area contributed by atoms with Gasteiger partial charge in [-0.1, -0.05) is 24.3 Å². The molecule has 2 rings (SSSR count). The van der Waals surface area contributed by atoms with E-state index in [0.717, 1.165) is 17.7 Å². The van der Waals surface area contributed by atoms with E-state index in [1.807, 2.05) is 0 Å². The molecule has 0 heterocycles. The van der Waals surface area contributed by atoms with Crippen molar-refractivity contribution in [1.82, 2.24) is 5.32 Å². The van der Waals surface area contributed by atoms with E-state index in [1.54, 1.807) is 18.2 Å². The molecule has 0 amide bonds. The zero-order chi connectivity index (χ0) is 15.5. The van der Waals surface area contributed by atoms with Crippen LogP contribution in [0.4, 0.5) is 17.6 Å². The van der Waals surface area contributed by atoms with Crippen molar-refractivity contribution >= 4 is 15.9 Å². The van der Waals surface area contributed by atoms with Gasteiger partial charge >= 0.3 is 6.18 Å². The Hall–Kier alpha value is -1.40. The Labute approximate surface area is 128 Å². The Balaban J connectivity index is 1.96. The highest BCUT2D eigenvalue weighted by Gasteiger charge is 2.30. The summed E-state index contributed by atoms with van der Waals surface area (Å²) in [5, 5.41) is 3.03. The Morgan fingerprint density at radius 3 is 2.24 bits per heavy atom. The fraction of sp³-hybridized carbons (Fsp3) is 0.200. The largest absolute Gasteiger partial charge is 0.416 e. The number of hydrogen-bond donors (Lipinski definition) is 1. The molecule has 2 aromatic rings. The number of alkyl halides is 3. The molecule has 2 aromatic carbocycles. The van der Waals surface area contributed by atoms with Crippen LogP contribution in [0.2, 0.25) is 0 Å². The maximum atomic E-state index is 13.1. The van der Waals surface area contributed by atoms with Crippen molar-refractivity contribution in [3.05, 3.63) is 69.4 Å². The van der Waals surface area contributed by atoms with Gasteiger partial charge in [0.05, 0.1) is 10.0 Å². The molecule has 0 radical (unpaired) electrons. The average molecular weight is 362 g/mol. The van der Waals surface area contributed by atoms with Crippen LogP contribution in [0.1, 0.15) is 16.7 Å². The minimum absolute atomic E-state index is 0.304. The van der Waals surface area contributed by atoms with Crippen LogP contribution in [0, 0.1) is 5.82 Å². The predicted octanol–water partition coefficient (Wildman–Crippen LogP) is 4.90. The lowest BCUT2D eigenvalue weighted by atomic mass is 10.1. The molecule has 0 bridgehead atoms. The Bertz CT molecular complexity index is 625. The second-order valence-electron chi connectivity index (χ2n) is 4.55. The van der Waals surface area contributed by atoms with E-state index in [-0.39, 0.29) is 5.82 Å². The van der Waals surface area contributed by atoms with Crippen LogP contribution in [0.25, 0.3) is 0 Å². The summed E-state index contributed by atoms with van der Waals surface area (Å²) >= 11 is 3.09. The van der Waals surface area contributed by atoms with E-state index in [2.05, 4.69) is 21.2 Å². The number of benzene rings is 2. The molecule has 0 aliphatic carbocycles. The molecular formula is C15H12BrF4N. The predicted molar refractivity (Wildman–Crippen MR) is 76.1 cm³/mol. The lowest BCUT2D eigenvalue weighted by Crippen LogP contribution is -2.14. The van der Waals surface area contributed by atoms with Crippen LogP contribution < -0.4 is 5.32 Å². The molecule has 0 unspecified atom stereocenters. The van der Waals surface area contributed by atoms with Crippen molar-refractivity contribution < 1.29 is 17.6 Å². The maximum absolute atomic E-state index is 13.1. The lowest BCUT2D eigenvalue weighted by molar-refractivity contribution is -0.137. The molecule has 0 aromatic heterocycles. The molecule has 0 aliphatic heterocycles. The van der Waals surface area contributed by atoms with Gasteiger partial charge in [0.2, 0.25) is 0 Å². The van der Waals surface area contributed by atoms with Crippen LogP contribution >= 0.6 is 15.9 Å². The third-order valence-corrected chi connectivity index (χ3v) is 3.50. The van der Waals surface area contributed by atoms with Crippen LogP contribution in [-0.4, -0.2) is 0 Å². The maximum Gasteiger partial charge on any atom is 0.416 e. The van der Waals surface area contributed by atoms with Crippen molar-refractivity contribution in [3.63, 3.8) is 0 Å². The summed E-state index contributed by atoms with van der Waals surface area (Å²) in [5.74, 6) is -0.350. The molecular weight excluding hydrogens is 350 g/mol. The van der Waals surface area contributed by atoms with Gasteiger partial charge in [0.25, 0.3) is 0 Å². The fourth-order valence-electron chi connectivity index (χ4n) is 1.86. The van der Waals surface area contributed by atoms with E-state index < -0.39 is 11.7 Å². The van der Waals surface area contributed by atoms with Crippen LogP contribution in [-0.2, 0) is 19.3 Å². The molecule has 0 saturated heterocycles. The Morgan fingerprint density at radius 2 is 1.62 bits per heavy atom. The van der Waals surface area contributed by atoms with Gasteiger partial charge < -0.3 is 5.32 Å². The van der Waals surface area contributed by atoms with Gasteiger partial charge in [0.1, 0.15) is 5.82 Å². The van der Waals surface area contributed by atoms with Crippen LogP contribution in [0.5, 0.6) is 0 Å². The first-order valence-corrected chi connectivity index (χ1v) is 6.96. The molecule has 1 N–H and O–H groups in total. The van der Waals surface area contributed by atoms with Gasteiger partial charge in [-0.25, -0.2) is 4.39 Å². The van der Waals surface area contributed by atoms with Crippen molar-refractivity contribution in [2.75, 3.05) is 0 Å². The first-order valence-electron chi connectivity index (χ1n) is 6.17. The van der Waals surface area contributed by atoms with Gasteiger partial charge in [0.15, 0.2) is 0 Å². The van der Waals surface area contributed by atoms with Crippen LogP contribution in [0.15, 0.2) is 46.9 Å². The van der Waals surface area contributed by atoms with E-state index >= 15 is 0 Å². The topological polar surface area (TPSA) is 12.0 Å². The Morgan fingerprint density at radius 1 is 0.952 bits per heavy atom. The summed E-state index contributed by atoms with van der Waals surface area (Å²) in [4.78, 5) is 0. The number of rotatable bonds is 4. The van der Waals surface area contributed by atoms with E-state index in [4.69, 9.17) is 0 Å². The zero-order valence-electron chi connectivity index (χ0n) is 10.8. The highest BCUT2D eigenvalue weighted by atomic mass is 79.9. The third kappa shape index (κ3) is 4.54. The molecule has 0 spiro atoms. The molecule has 0 saturated carbocycles. The molecule has 0 atom stereocenters. The number of halogens is 5. The average Bonchev–Trinajstić information content (AvgIpc) is 2.42. The summed E-state index contributed by atoms with van der Waals surface area (Å²) in [6.07, 6.45) is -4.34. The van der Waals surface area contributed by atoms with E-state index in [0.29, 0.717) is 23.1 Å². The minimum atomic E-state index is -4.34. The van der Waals surface area contributed by atoms with Crippen molar-refractivity contribution in [1.29, 1.82) is 0 Å². The molecule has 21 heavy (non-hydrogen) atoms. The van der Waals surface area contributed by atoms with Gasteiger partial charge in [-0.3, -0.25) is 0 Å². The van der Waals surface area contributed by atoms with Crippen LogP contribution in [0.3, 0.4) is 0 Å². The second-order valence-corrected chi connectivity index (χ2v) is 5.40. The summed E-state index contributed by atoms with van der Waals surface area (Å²) in [7, 11) is 0. The SMILES string of the molecule is Fc1ccc(CNCc2cccc(C(F)(F)F)c2)cc1Br. The first-order chi connectivity index (χ1) is 9.86. The zero-order valence-corrected chi connectivity index (χ0v) is 12.4. The van der Waals surface area contributed by atoms with Crippen molar-refractivity contribution in [2.24, 2.45) is 0 Å². The van der Waals surface area contributed by atoms with Gasteiger partial charge in [-0.05, 0) is 45.3 Å². The second kappa shape index (κ2) is 6.58. The summed E-state index contributed by atoms with van der Waals surface area (Å²) < 4.78 is 51.2. The molecule has 0 fully saturated rings. The summed E-state index contributed by atoms with van der Waals surface area (Å²) in [6.45, 7) is 0.744. The van der Waals surface area contributed by atoms with Crippen molar-refractivity contribution in [2.45, 2.75) is 19.3 Å². The first kappa shape index (κ1) is 16.0. The normalized spacial score (nSPS) is 11.7. The number of nitrogens with one attached hydrogen (secondary N) is 1. The highest BCUT2D eigenvalue weighted by molar-refractivity contribution is 9.10. The molecule has 0 aliphatic rings. The van der Waals surface area contributed by atoms with E-state index in [1.165, 1.54) is 12.1 Å². The molecule has 6 heteroatoms.